The molecule has 3 rings (SSSR count). The summed E-state index contributed by atoms with van der Waals surface area (Å²) in [6.45, 7) is 5.55. The molecule has 0 bridgehead atoms. The molecule has 1 fully saturated rings. The molecule has 2 heterocycles. The molecule has 0 amide bonds. The number of benzene rings is 1. The molecule has 0 saturated carbocycles. The Balaban J connectivity index is 1.75. The van der Waals surface area contributed by atoms with Gasteiger partial charge in [-0.3, -0.25) is 9.47 Å². The normalized spacial score (nSPS) is 16.8. The van der Waals surface area contributed by atoms with Crippen LogP contribution in [0.4, 0.5) is 0 Å². The molecule has 0 unspecified atom stereocenters. The van der Waals surface area contributed by atoms with Gasteiger partial charge < -0.3 is 9.30 Å². The molecule has 1 aliphatic rings. The second kappa shape index (κ2) is 6.67. The number of likely N-dealkylation sites (tertiary alicyclic amines) is 1. The van der Waals surface area contributed by atoms with Crippen molar-refractivity contribution >= 4 is 12.2 Å². The number of hydrogen-bond acceptors (Lipinski definition) is 3. The highest BCUT2D eigenvalue weighted by atomic mass is 32.1. The van der Waals surface area contributed by atoms with Crippen molar-refractivity contribution < 1.29 is 4.74 Å². The average Bonchev–Trinajstić information content (AvgIpc) is 2.91. The Morgan fingerprint density at radius 3 is 2.45 bits per heavy atom. The second-order valence-corrected chi connectivity index (χ2v) is 6.43. The molecule has 2 aromatic rings. The Bertz CT molecular complexity index is 666. The van der Waals surface area contributed by atoms with E-state index in [1.807, 2.05) is 35.0 Å². The van der Waals surface area contributed by atoms with E-state index in [0.717, 1.165) is 41.9 Å². The summed E-state index contributed by atoms with van der Waals surface area (Å²) in [6.07, 6.45) is 6.68. The lowest BCUT2D eigenvalue weighted by atomic mass is 10.00. The van der Waals surface area contributed by atoms with Gasteiger partial charge in [-0.2, -0.15) is 0 Å². The van der Waals surface area contributed by atoms with Gasteiger partial charge in [-0.15, -0.1) is 0 Å². The summed E-state index contributed by atoms with van der Waals surface area (Å²) in [5.41, 5.74) is 1.07. The van der Waals surface area contributed by atoms with Gasteiger partial charge in [0.15, 0.2) is 4.77 Å². The van der Waals surface area contributed by atoms with Crippen molar-refractivity contribution in [3.05, 3.63) is 41.4 Å². The van der Waals surface area contributed by atoms with E-state index in [1.165, 1.54) is 12.8 Å². The molecule has 22 heavy (non-hydrogen) atoms. The predicted molar refractivity (Wildman–Crippen MR) is 91.1 cm³/mol. The summed E-state index contributed by atoms with van der Waals surface area (Å²) in [7, 11) is 1.68. The zero-order valence-electron chi connectivity index (χ0n) is 13.2. The van der Waals surface area contributed by atoms with Gasteiger partial charge in [-0.25, -0.2) is 0 Å². The predicted octanol–water partition coefficient (Wildman–Crippen LogP) is 3.71. The van der Waals surface area contributed by atoms with E-state index in [1.54, 1.807) is 7.11 Å². The van der Waals surface area contributed by atoms with E-state index in [2.05, 4.69) is 22.6 Å². The lowest BCUT2D eigenvalue weighted by molar-refractivity contribution is 0.153. The van der Waals surface area contributed by atoms with Gasteiger partial charge in [0, 0.05) is 31.2 Å². The zero-order chi connectivity index (χ0) is 15.5. The van der Waals surface area contributed by atoms with Gasteiger partial charge in [0.2, 0.25) is 0 Å². The maximum atomic E-state index is 5.63. The van der Waals surface area contributed by atoms with Crippen LogP contribution >= 0.6 is 12.2 Å². The molecule has 0 atom stereocenters. The van der Waals surface area contributed by atoms with Gasteiger partial charge in [-0.05, 0) is 55.2 Å². The number of nitrogens with zero attached hydrogens (tertiary/aromatic N) is 3. The molecular weight excluding hydrogens is 294 g/mol. The van der Waals surface area contributed by atoms with Crippen LogP contribution in [0.2, 0.25) is 0 Å². The van der Waals surface area contributed by atoms with Gasteiger partial charge >= 0.3 is 0 Å². The summed E-state index contributed by atoms with van der Waals surface area (Å²) < 4.78 is 10.2. The topological polar surface area (TPSA) is 22.3 Å². The zero-order valence-corrected chi connectivity index (χ0v) is 14.1. The van der Waals surface area contributed by atoms with Crippen molar-refractivity contribution in [1.29, 1.82) is 0 Å². The summed E-state index contributed by atoms with van der Waals surface area (Å²) in [4.78, 5) is 2.48. The van der Waals surface area contributed by atoms with E-state index in [0.29, 0.717) is 0 Å². The first-order valence-corrected chi connectivity index (χ1v) is 8.23. The lowest BCUT2D eigenvalue weighted by Crippen LogP contribution is -2.34. The maximum absolute atomic E-state index is 5.63. The van der Waals surface area contributed by atoms with Crippen molar-refractivity contribution in [2.45, 2.75) is 26.4 Å². The average molecular weight is 317 g/mol. The number of methoxy groups -OCH3 is 1. The van der Waals surface area contributed by atoms with Gasteiger partial charge in [-0.1, -0.05) is 6.92 Å². The van der Waals surface area contributed by atoms with Crippen LogP contribution in [0.1, 0.15) is 19.8 Å². The van der Waals surface area contributed by atoms with Crippen LogP contribution in [0, 0.1) is 10.7 Å². The highest BCUT2D eigenvalue weighted by Gasteiger charge is 2.16. The molecule has 118 valence electrons. The van der Waals surface area contributed by atoms with Crippen LogP contribution in [0.15, 0.2) is 36.7 Å². The molecule has 1 saturated heterocycles. The van der Waals surface area contributed by atoms with Crippen LogP contribution < -0.4 is 4.74 Å². The second-order valence-electron chi connectivity index (χ2n) is 6.06. The van der Waals surface area contributed by atoms with E-state index in [4.69, 9.17) is 17.0 Å². The molecule has 0 radical (unpaired) electrons. The Hall–Kier alpha value is -1.59. The standard InChI is InChI=1S/C17H23N3OS/c1-14-7-9-18(10-8-14)13-19-11-12-20(17(19)22)15-3-5-16(21-2)6-4-15/h3-6,11-12,14H,7-10,13H2,1-2H3. The summed E-state index contributed by atoms with van der Waals surface area (Å²) in [5.74, 6) is 1.71. The van der Waals surface area contributed by atoms with Crippen molar-refractivity contribution in [2.75, 3.05) is 20.2 Å². The minimum Gasteiger partial charge on any atom is -0.497 e. The Morgan fingerprint density at radius 2 is 1.82 bits per heavy atom. The van der Waals surface area contributed by atoms with Crippen molar-refractivity contribution in [2.24, 2.45) is 5.92 Å². The first-order chi connectivity index (χ1) is 10.7. The van der Waals surface area contributed by atoms with Crippen LogP contribution in [0.3, 0.4) is 0 Å². The quantitative estimate of drug-likeness (QED) is 0.803. The van der Waals surface area contributed by atoms with Crippen LogP contribution in [-0.4, -0.2) is 34.2 Å². The first kappa shape index (κ1) is 15.3. The summed E-state index contributed by atoms with van der Waals surface area (Å²) in [6, 6.07) is 7.98. The van der Waals surface area contributed by atoms with Crippen LogP contribution in [0.25, 0.3) is 5.69 Å². The van der Waals surface area contributed by atoms with Gasteiger partial charge in [0.05, 0.1) is 13.8 Å². The fraction of sp³-hybridized carbons (Fsp3) is 0.471. The number of rotatable bonds is 4. The van der Waals surface area contributed by atoms with Crippen LogP contribution in [0.5, 0.6) is 5.75 Å². The molecule has 1 aromatic heterocycles. The van der Waals surface area contributed by atoms with E-state index in [-0.39, 0.29) is 0 Å². The Labute approximate surface area is 136 Å². The molecule has 1 aliphatic heterocycles. The molecule has 0 spiro atoms. The van der Waals surface area contributed by atoms with Crippen molar-refractivity contribution in [3.8, 4) is 11.4 Å². The molecule has 1 aromatic carbocycles. The van der Waals surface area contributed by atoms with Crippen molar-refractivity contribution in [1.82, 2.24) is 14.0 Å². The SMILES string of the molecule is COc1ccc(-n2ccn(CN3CCC(C)CC3)c2=S)cc1. The highest BCUT2D eigenvalue weighted by molar-refractivity contribution is 7.71. The number of imidazole rings is 1. The first-order valence-electron chi connectivity index (χ1n) is 7.82. The maximum Gasteiger partial charge on any atom is 0.185 e. The molecule has 4 nitrogen and oxygen atoms in total. The lowest BCUT2D eigenvalue weighted by Gasteiger charge is -2.30. The minimum absolute atomic E-state index is 0.837. The fourth-order valence-electron chi connectivity index (χ4n) is 2.88. The fourth-order valence-corrected chi connectivity index (χ4v) is 3.16. The third kappa shape index (κ3) is 3.25. The van der Waals surface area contributed by atoms with Crippen molar-refractivity contribution in [3.63, 3.8) is 0 Å². The summed E-state index contributed by atoms with van der Waals surface area (Å²) in [5, 5.41) is 0. The monoisotopic (exact) mass is 317 g/mol. The Morgan fingerprint density at radius 1 is 1.14 bits per heavy atom. The number of aromatic nitrogens is 2. The highest BCUT2D eigenvalue weighted by Crippen LogP contribution is 2.18. The molecular formula is C17H23N3OS. The van der Waals surface area contributed by atoms with Crippen LogP contribution in [-0.2, 0) is 6.67 Å². The molecule has 5 heteroatoms. The van der Waals surface area contributed by atoms with Gasteiger partial charge in [0.1, 0.15) is 5.75 Å². The summed E-state index contributed by atoms with van der Waals surface area (Å²) >= 11 is 5.63. The number of piperidine rings is 1. The largest absolute Gasteiger partial charge is 0.497 e. The van der Waals surface area contributed by atoms with E-state index in [9.17, 15) is 0 Å². The third-order valence-electron chi connectivity index (χ3n) is 4.43. The Kier molecular flexibility index (Phi) is 4.64. The van der Waals surface area contributed by atoms with E-state index < -0.39 is 0 Å². The van der Waals surface area contributed by atoms with E-state index >= 15 is 0 Å². The smallest absolute Gasteiger partial charge is 0.185 e. The molecule has 0 N–H and O–H groups in total. The number of hydrogen-bond donors (Lipinski definition) is 0. The van der Waals surface area contributed by atoms with Gasteiger partial charge in [0.25, 0.3) is 0 Å². The minimum atomic E-state index is 0.837. The molecule has 0 aliphatic carbocycles. The number of ether oxygens (including phenoxy) is 1. The third-order valence-corrected chi connectivity index (χ3v) is 4.86.